The van der Waals surface area contributed by atoms with Crippen molar-refractivity contribution in [3.63, 3.8) is 0 Å². The standard InChI is InChI=1S/C14H22N4O2.ClH/c1-20-14(19)12-2-3-13(17-10-12)11-18-8-6-15-4-5-16-7-9-18;/h2-3,10,15-16H,4-9,11H2,1H3;1H. The monoisotopic (exact) mass is 314 g/mol. The maximum atomic E-state index is 11.3. The fourth-order valence-corrected chi connectivity index (χ4v) is 2.16. The van der Waals surface area contributed by atoms with Gasteiger partial charge in [0, 0.05) is 52.0 Å². The first-order valence-corrected chi connectivity index (χ1v) is 6.96. The molecule has 0 bridgehead atoms. The average molecular weight is 315 g/mol. The van der Waals surface area contributed by atoms with Crippen molar-refractivity contribution in [2.24, 2.45) is 0 Å². The number of methoxy groups -OCH3 is 1. The Bertz CT molecular complexity index is 417. The van der Waals surface area contributed by atoms with E-state index in [0.29, 0.717) is 5.56 Å². The van der Waals surface area contributed by atoms with Gasteiger partial charge in [-0.05, 0) is 12.1 Å². The largest absolute Gasteiger partial charge is 0.465 e. The van der Waals surface area contributed by atoms with E-state index in [1.54, 1.807) is 12.3 Å². The molecule has 1 aliphatic heterocycles. The van der Waals surface area contributed by atoms with E-state index < -0.39 is 0 Å². The van der Waals surface area contributed by atoms with Crippen LogP contribution in [0.4, 0.5) is 0 Å². The molecular weight excluding hydrogens is 292 g/mol. The molecule has 1 saturated heterocycles. The van der Waals surface area contributed by atoms with Crippen LogP contribution >= 0.6 is 12.4 Å². The number of rotatable bonds is 3. The molecule has 0 amide bonds. The highest BCUT2D eigenvalue weighted by Gasteiger charge is 2.10. The van der Waals surface area contributed by atoms with Gasteiger partial charge in [-0.2, -0.15) is 0 Å². The van der Waals surface area contributed by atoms with Crippen LogP contribution in [-0.4, -0.2) is 62.2 Å². The summed E-state index contributed by atoms with van der Waals surface area (Å²) in [6, 6.07) is 3.65. The second-order valence-corrected chi connectivity index (χ2v) is 4.81. The number of hydrogen-bond donors (Lipinski definition) is 2. The lowest BCUT2D eigenvalue weighted by Gasteiger charge is -2.21. The second-order valence-electron chi connectivity index (χ2n) is 4.81. The van der Waals surface area contributed by atoms with Crippen LogP contribution in [0.2, 0.25) is 0 Å². The lowest BCUT2D eigenvalue weighted by molar-refractivity contribution is 0.0600. The average Bonchev–Trinajstić information content (AvgIpc) is 2.61. The molecule has 6 nitrogen and oxygen atoms in total. The third-order valence-electron chi connectivity index (χ3n) is 3.32. The van der Waals surface area contributed by atoms with Gasteiger partial charge in [-0.15, -0.1) is 12.4 Å². The first kappa shape index (κ1) is 17.8. The predicted molar refractivity (Wildman–Crippen MR) is 83.8 cm³/mol. The number of hydrogen-bond acceptors (Lipinski definition) is 6. The molecule has 118 valence electrons. The van der Waals surface area contributed by atoms with Crippen LogP contribution in [-0.2, 0) is 11.3 Å². The maximum absolute atomic E-state index is 11.3. The van der Waals surface area contributed by atoms with Crippen molar-refractivity contribution in [1.82, 2.24) is 20.5 Å². The zero-order valence-electron chi connectivity index (χ0n) is 12.3. The van der Waals surface area contributed by atoms with Gasteiger partial charge in [0.1, 0.15) is 0 Å². The van der Waals surface area contributed by atoms with Crippen molar-refractivity contribution >= 4 is 18.4 Å². The van der Waals surface area contributed by atoms with Gasteiger partial charge in [0.05, 0.1) is 18.4 Å². The quantitative estimate of drug-likeness (QED) is 0.782. The van der Waals surface area contributed by atoms with E-state index >= 15 is 0 Å². The Kier molecular flexibility index (Phi) is 8.22. The Hall–Kier alpha value is -1.21. The molecule has 2 heterocycles. The van der Waals surface area contributed by atoms with E-state index in [9.17, 15) is 4.79 Å². The number of ether oxygens (including phenoxy) is 1. The summed E-state index contributed by atoms with van der Waals surface area (Å²) in [6.07, 6.45) is 1.58. The first-order chi connectivity index (χ1) is 9.79. The lowest BCUT2D eigenvalue weighted by Crippen LogP contribution is -2.33. The third-order valence-corrected chi connectivity index (χ3v) is 3.32. The molecule has 0 aromatic carbocycles. The molecule has 0 saturated carbocycles. The second kappa shape index (κ2) is 9.68. The zero-order valence-corrected chi connectivity index (χ0v) is 13.1. The molecule has 21 heavy (non-hydrogen) atoms. The zero-order chi connectivity index (χ0) is 14.2. The normalized spacial score (nSPS) is 17.0. The van der Waals surface area contributed by atoms with Gasteiger partial charge in [0.15, 0.2) is 0 Å². The number of pyridine rings is 1. The Balaban J connectivity index is 0.00000220. The van der Waals surface area contributed by atoms with E-state index in [0.717, 1.165) is 51.5 Å². The summed E-state index contributed by atoms with van der Waals surface area (Å²) in [5.41, 5.74) is 1.46. The van der Waals surface area contributed by atoms with Crippen molar-refractivity contribution in [2.45, 2.75) is 6.54 Å². The van der Waals surface area contributed by atoms with Gasteiger partial charge in [0.25, 0.3) is 0 Å². The van der Waals surface area contributed by atoms with Crippen LogP contribution in [0.3, 0.4) is 0 Å². The Morgan fingerprint density at radius 1 is 1.24 bits per heavy atom. The molecule has 2 rings (SSSR count). The number of carbonyl (C=O) groups excluding carboxylic acids is 1. The summed E-state index contributed by atoms with van der Waals surface area (Å²) in [6.45, 7) is 6.80. The smallest absolute Gasteiger partial charge is 0.339 e. The number of esters is 1. The third kappa shape index (κ3) is 5.97. The highest BCUT2D eigenvalue weighted by molar-refractivity contribution is 5.88. The van der Waals surface area contributed by atoms with E-state index in [4.69, 9.17) is 0 Å². The van der Waals surface area contributed by atoms with Crippen LogP contribution in [0, 0.1) is 0 Å². The SMILES string of the molecule is COC(=O)c1ccc(CN2CCNCCNCC2)nc1.Cl. The van der Waals surface area contributed by atoms with Gasteiger partial charge in [-0.3, -0.25) is 9.88 Å². The molecule has 1 aromatic heterocycles. The summed E-state index contributed by atoms with van der Waals surface area (Å²) in [4.78, 5) is 18.0. The maximum Gasteiger partial charge on any atom is 0.339 e. The highest BCUT2D eigenvalue weighted by atomic mass is 35.5. The molecule has 0 aliphatic carbocycles. The topological polar surface area (TPSA) is 66.5 Å². The van der Waals surface area contributed by atoms with Crippen molar-refractivity contribution in [2.75, 3.05) is 46.4 Å². The summed E-state index contributed by atoms with van der Waals surface area (Å²) < 4.78 is 4.66. The summed E-state index contributed by atoms with van der Waals surface area (Å²) in [5, 5.41) is 6.78. The summed E-state index contributed by atoms with van der Waals surface area (Å²) in [5.74, 6) is -0.347. The van der Waals surface area contributed by atoms with Crippen molar-refractivity contribution in [3.05, 3.63) is 29.6 Å². The number of carbonyl (C=O) groups is 1. The van der Waals surface area contributed by atoms with E-state index in [2.05, 4.69) is 25.3 Å². The summed E-state index contributed by atoms with van der Waals surface area (Å²) >= 11 is 0. The van der Waals surface area contributed by atoms with Crippen LogP contribution in [0.5, 0.6) is 0 Å². The van der Waals surface area contributed by atoms with Crippen LogP contribution in [0.15, 0.2) is 18.3 Å². The van der Waals surface area contributed by atoms with Gasteiger partial charge in [-0.1, -0.05) is 0 Å². The molecule has 1 fully saturated rings. The minimum absolute atomic E-state index is 0. The molecule has 0 atom stereocenters. The van der Waals surface area contributed by atoms with E-state index in [1.807, 2.05) is 6.07 Å². The predicted octanol–water partition coefficient (Wildman–Crippen LogP) is 0.285. The molecule has 1 aromatic rings. The molecular formula is C14H23ClN4O2. The molecule has 2 N–H and O–H groups in total. The van der Waals surface area contributed by atoms with Crippen molar-refractivity contribution < 1.29 is 9.53 Å². The van der Waals surface area contributed by atoms with E-state index in [1.165, 1.54) is 7.11 Å². The van der Waals surface area contributed by atoms with Crippen LogP contribution in [0.25, 0.3) is 0 Å². The first-order valence-electron chi connectivity index (χ1n) is 6.96. The molecule has 0 radical (unpaired) electrons. The number of halogens is 1. The lowest BCUT2D eigenvalue weighted by atomic mass is 10.2. The van der Waals surface area contributed by atoms with Gasteiger partial charge < -0.3 is 15.4 Å². The fraction of sp³-hybridized carbons (Fsp3) is 0.571. The molecule has 1 aliphatic rings. The molecule has 0 unspecified atom stereocenters. The van der Waals surface area contributed by atoms with Crippen LogP contribution in [0.1, 0.15) is 16.1 Å². The minimum atomic E-state index is -0.347. The summed E-state index contributed by atoms with van der Waals surface area (Å²) in [7, 11) is 1.37. The fourth-order valence-electron chi connectivity index (χ4n) is 2.16. The van der Waals surface area contributed by atoms with Gasteiger partial charge in [0.2, 0.25) is 0 Å². The van der Waals surface area contributed by atoms with Crippen molar-refractivity contribution in [1.29, 1.82) is 0 Å². The highest BCUT2D eigenvalue weighted by Crippen LogP contribution is 2.05. The number of aromatic nitrogens is 1. The Morgan fingerprint density at radius 2 is 1.90 bits per heavy atom. The Morgan fingerprint density at radius 3 is 2.43 bits per heavy atom. The molecule has 7 heteroatoms. The Labute approximate surface area is 131 Å². The number of nitrogens with one attached hydrogen (secondary N) is 2. The van der Waals surface area contributed by atoms with E-state index in [-0.39, 0.29) is 18.4 Å². The van der Waals surface area contributed by atoms with Gasteiger partial charge in [-0.25, -0.2) is 4.79 Å². The number of nitrogens with zero attached hydrogens (tertiary/aromatic N) is 2. The van der Waals surface area contributed by atoms with Gasteiger partial charge >= 0.3 is 5.97 Å². The molecule has 0 spiro atoms. The minimum Gasteiger partial charge on any atom is -0.465 e. The van der Waals surface area contributed by atoms with Crippen molar-refractivity contribution in [3.8, 4) is 0 Å². The van der Waals surface area contributed by atoms with Crippen LogP contribution < -0.4 is 10.6 Å².